The van der Waals surface area contributed by atoms with Crippen LogP contribution in [0.4, 0.5) is 0 Å². The Morgan fingerprint density at radius 2 is 2.04 bits per heavy atom. The highest BCUT2D eigenvalue weighted by Crippen LogP contribution is 2.42. The Kier molecular flexibility index (Phi) is 5.18. The van der Waals surface area contributed by atoms with Crippen molar-refractivity contribution < 1.29 is 9.69 Å². The number of amides is 1. The summed E-state index contributed by atoms with van der Waals surface area (Å²) in [5, 5.41) is 5.37. The molecule has 1 aromatic heterocycles. The molecule has 1 aliphatic heterocycles. The van der Waals surface area contributed by atoms with Gasteiger partial charge in [0.25, 0.3) is 5.91 Å². The van der Waals surface area contributed by atoms with Crippen LogP contribution in [0.1, 0.15) is 41.3 Å². The number of quaternary nitrogens is 1. The van der Waals surface area contributed by atoms with E-state index in [0.29, 0.717) is 12.6 Å². The second kappa shape index (κ2) is 7.71. The van der Waals surface area contributed by atoms with Gasteiger partial charge in [0, 0.05) is 29.3 Å². The van der Waals surface area contributed by atoms with Crippen LogP contribution in [0.5, 0.6) is 0 Å². The molecular weight excluding hydrogens is 328 g/mol. The molecule has 4 rings (SSSR count). The second-order valence-electron chi connectivity index (χ2n) is 7.39. The van der Waals surface area contributed by atoms with E-state index in [2.05, 4.69) is 41.0 Å². The summed E-state index contributed by atoms with van der Waals surface area (Å²) in [4.78, 5) is 15.5. The van der Waals surface area contributed by atoms with Crippen molar-refractivity contribution in [2.75, 3.05) is 19.6 Å². The molecule has 1 saturated carbocycles. The Hall–Kier alpha value is -1.65. The fourth-order valence-electron chi connectivity index (χ4n) is 4.13. The number of hydrogen-bond donors (Lipinski definition) is 2. The molecule has 4 heteroatoms. The van der Waals surface area contributed by atoms with E-state index in [-0.39, 0.29) is 5.91 Å². The molecule has 3 nitrogen and oxygen atoms in total. The van der Waals surface area contributed by atoms with E-state index in [9.17, 15) is 4.79 Å². The molecule has 2 atom stereocenters. The van der Waals surface area contributed by atoms with Crippen LogP contribution in [0.3, 0.4) is 0 Å². The van der Waals surface area contributed by atoms with Gasteiger partial charge in [0.1, 0.15) is 6.04 Å². The number of thiophene rings is 1. The van der Waals surface area contributed by atoms with Gasteiger partial charge in [-0.15, -0.1) is 11.3 Å². The number of carbonyl (C=O) groups excluding carboxylic acids is 1. The van der Waals surface area contributed by atoms with E-state index in [1.807, 2.05) is 17.4 Å². The molecule has 0 spiro atoms. The van der Waals surface area contributed by atoms with Crippen LogP contribution in [-0.4, -0.2) is 25.5 Å². The first-order chi connectivity index (χ1) is 12.3. The fourth-order valence-corrected chi connectivity index (χ4v) is 5.06. The number of nitrogens with one attached hydrogen (secondary N) is 2. The monoisotopic (exact) mass is 355 g/mol. The van der Waals surface area contributed by atoms with E-state index in [1.165, 1.54) is 28.9 Å². The Balaban J connectivity index is 1.26. The van der Waals surface area contributed by atoms with Gasteiger partial charge in [-0.05, 0) is 42.7 Å². The molecule has 0 radical (unpaired) electrons. The third kappa shape index (κ3) is 4.13. The average Bonchev–Trinajstić information content (AvgIpc) is 3.35. The van der Waals surface area contributed by atoms with Gasteiger partial charge in [-0.3, -0.25) is 4.79 Å². The minimum Gasteiger partial charge on any atom is -0.351 e. The highest BCUT2D eigenvalue weighted by atomic mass is 32.1. The zero-order chi connectivity index (χ0) is 17.1. The van der Waals surface area contributed by atoms with Gasteiger partial charge in [-0.25, -0.2) is 0 Å². The Morgan fingerprint density at radius 3 is 2.84 bits per heavy atom. The SMILES string of the molecule is O=C(C[NH+]1CCc2sccc2[C@H]1C1CC1)NCCCc1ccccc1. The van der Waals surface area contributed by atoms with Crippen molar-refractivity contribution in [3.8, 4) is 0 Å². The minimum absolute atomic E-state index is 0.215. The van der Waals surface area contributed by atoms with Crippen LogP contribution in [0.15, 0.2) is 41.8 Å². The first kappa shape index (κ1) is 16.8. The predicted molar refractivity (Wildman–Crippen MR) is 102 cm³/mol. The lowest BCUT2D eigenvalue weighted by molar-refractivity contribution is -0.928. The first-order valence-electron chi connectivity index (χ1n) is 9.53. The van der Waals surface area contributed by atoms with Crippen molar-refractivity contribution in [1.82, 2.24) is 5.32 Å². The van der Waals surface area contributed by atoms with E-state index in [0.717, 1.165) is 38.3 Å². The van der Waals surface area contributed by atoms with Crippen molar-refractivity contribution in [1.29, 1.82) is 0 Å². The number of hydrogen-bond acceptors (Lipinski definition) is 2. The summed E-state index contributed by atoms with van der Waals surface area (Å²) >= 11 is 1.90. The highest BCUT2D eigenvalue weighted by molar-refractivity contribution is 7.10. The Labute approximate surface area is 154 Å². The van der Waals surface area contributed by atoms with Crippen molar-refractivity contribution in [2.24, 2.45) is 5.92 Å². The van der Waals surface area contributed by atoms with Gasteiger partial charge in [0.2, 0.25) is 0 Å². The van der Waals surface area contributed by atoms with E-state index in [1.54, 1.807) is 4.88 Å². The molecular formula is C21H27N2OS+. The molecule has 25 heavy (non-hydrogen) atoms. The third-order valence-electron chi connectivity index (χ3n) is 5.52. The number of aryl methyl sites for hydroxylation is 1. The van der Waals surface area contributed by atoms with Crippen LogP contribution in [0, 0.1) is 5.92 Å². The Morgan fingerprint density at radius 1 is 1.20 bits per heavy atom. The lowest BCUT2D eigenvalue weighted by atomic mass is 9.96. The second-order valence-corrected chi connectivity index (χ2v) is 8.39. The molecule has 1 unspecified atom stereocenters. The molecule has 1 amide bonds. The van der Waals surface area contributed by atoms with Gasteiger partial charge in [-0.2, -0.15) is 0 Å². The van der Waals surface area contributed by atoms with Crippen molar-refractivity contribution in [2.45, 2.75) is 38.1 Å². The topological polar surface area (TPSA) is 33.5 Å². The number of benzene rings is 1. The fraction of sp³-hybridized carbons (Fsp3) is 0.476. The van der Waals surface area contributed by atoms with Gasteiger partial charge < -0.3 is 10.2 Å². The molecule has 2 N–H and O–H groups in total. The number of fused-ring (bicyclic) bond motifs is 1. The molecule has 0 bridgehead atoms. The molecule has 2 aromatic rings. The van der Waals surface area contributed by atoms with Crippen molar-refractivity contribution in [3.63, 3.8) is 0 Å². The molecule has 0 saturated heterocycles. The predicted octanol–water partition coefficient (Wildman–Crippen LogP) is 2.39. The van der Waals surface area contributed by atoms with Crippen LogP contribution >= 0.6 is 11.3 Å². The van der Waals surface area contributed by atoms with Crippen molar-refractivity contribution in [3.05, 3.63) is 57.8 Å². The summed E-state index contributed by atoms with van der Waals surface area (Å²) in [6.07, 6.45) is 5.84. The summed E-state index contributed by atoms with van der Waals surface area (Å²) in [5.74, 6) is 1.02. The normalized spacial score (nSPS) is 22.4. The summed E-state index contributed by atoms with van der Waals surface area (Å²) in [6.45, 7) is 2.51. The highest BCUT2D eigenvalue weighted by Gasteiger charge is 2.43. The summed E-state index contributed by atoms with van der Waals surface area (Å²) < 4.78 is 0. The van der Waals surface area contributed by atoms with Crippen LogP contribution in [0.2, 0.25) is 0 Å². The quantitative estimate of drug-likeness (QED) is 0.735. The lowest BCUT2D eigenvalue weighted by Gasteiger charge is -2.32. The standard InChI is InChI=1S/C21H26N2OS/c24-20(22-12-4-7-16-5-2-1-3-6-16)15-23-13-10-19-18(11-14-25-19)21(23)17-8-9-17/h1-3,5-6,11,14,17,21H,4,7-10,12-13,15H2,(H,22,24)/p+1/t21-/m1/s1. The van der Waals surface area contributed by atoms with Crippen molar-refractivity contribution >= 4 is 17.2 Å². The maximum Gasteiger partial charge on any atom is 0.275 e. The maximum atomic E-state index is 12.4. The van der Waals surface area contributed by atoms with Crippen LogP contribution < -0.4 is 10.2 Å². The number of rotatable bonds is 7. The smallest absolute Gasteiger partial charge is 0.275 e. The summed E-state index contributed by atoms with van der Waals surface area (Å²) in [5.41, 5.74) is 2.88. The molecule has 1 aromatic carbocycles. The molecule has 1 fully saturated rings. The van der Waals surface area contributed by atoms with Gasteiger partial charge in [0.05, 0.1) is 6.54 Å². The van der Waals surface area contributed by atoms with E-state index < -0.39 is 0 Å². The van der Waals surface area contributed by atoms with E-state index >= 15 is 0 Å². The maximum absolute atomic E-state index is 12.4. The van der Waals surface area contributed by atoms with E-state index in [4.69, 9.17) is 0 Å². The first-order valence-corrected chi connectivity index (χ1v) is 10.4. The minimum atomic E-state index is 0.215. The van der Waals surface area contributed by atoms with Crippen LogP contribution in [-0.2, 0) is 17.6 Å². The average molecular weight is 356 g/mol. The third-order valence-corrected chi connectivity index (χ3v) is 6.51. The molecule has 2 aliphatic rings. The van der Waals surface area contributed by atoms with Crippen LogP contribution in [0.25, 0.3) is 0 Å². The zero-order valence-electron chi connectivity index (χ0n) is 14.7. The molecule has 132 valence electrons. The summed E-state index contributed by atoms with van der Waals surface area (Å²) in [7, 11) is 0. The number of carbonyl (C=O) groups is 1. The summed E-state index contributed by atoms with van der Waals surface area (Å²) in [6, 6.07) is 13.4. The lowest BCUT2D eigenvalue weighted by Crippen LogP contribution is -3.14. The molecule has 2 heterocycles. The largest absolute Gasteiger partial charge is 0.351 e. The Bertz CT molecular complexity index is 708. The van der Waals surface area contributed by atoms with Gasteiger partial charge >= 0.3 is 0 Å². The molecule has 1 aliphatic carbocycles. The van der Waals surface area contributed by atoms with Gasteiger partial charge in [-0.1, -0.05) is 30.3 Å². The zero-order valence-corrected chi connectivity index (χ0v) is 15.5. The van der Waals surface area contributed by atoms with Gasteiger partial charge in [0.15, 0.2) is 6.54 Å².